The summed E-state index contributed by atoms with van der Waals surface area (Å²) in [6, 6.07) is 4.89. The van der Waals surface area contributed by atoms with Gasteiger partial charge in [-0.25, -0.2) is 0 Å². The number of carbonyl (C=O) groups is 1. The number of hydrogen-bond donors (Lipinski definition) is 1. The van der Waals surface area contributed by atoms with Gasteiger partial charge in [0.2, 0.25) is 5.91 Å². The fourth-order valence-electron chi connectivity index (χ4n) is 2.73. The molecule has 0 spiro atoms. The molecule has 1 aliphatic rings. The summed E-state index contributed by atoms with van der Waals surface area (Å²) in [4.78, 5) is 16.0. The summed E-state index contributed by atoms with van der Waals surface area (Å²) in [6.07, 6.45) is -4.33. The Morgan fingerprint density at radius 3 is 2.32 bits per heavy atom. The van der Waals surface area contributed by atoms with Crippen LogP contribution in [0.4, 0.5) is 13.2 Å². The second-order valence-corrected chi connectivity index (χ2v) is 6.57. The average molecular weight is 380 g/mol. The molecule has 1 amide bonds. The van der Waals surface area contributed by atoms with Gasteiger partial charge in [0.05, 0.1) is 11.6 Å². The van der Waals surface area contributed by atoms with Crippen LogP contribution in [0.1, 0.15) is 25.0 Å². The summed E-state index contributed by atoms with van der Waals surface area (Å²) in [7, 11) is 0. The minimum absolute atomic E-state index is 0. The topological polar surface area (TPSA) is 49.6 Å². The molecule has 142 valence electrons. The number of carbonyl (C=O) groups excluding carboxylic acids is 1. The Balaban J connectivity index is 0.00000312. The van der Waals surface area contributed by atoms with Gasteiger partial charge in [0.25, 0.3) is 0 Å². The van der Waals surface area contributed by atoms with E-state index in [-0.39, 0.29) is 24.2 Å². The Labute approximate surface area is 152 Å². The first-order valence-electron chi connectivity index (χ1n) is 8.11. The average Bonchev–Trinajstić information content (AvgIpc) is 2.53. The molecule has 1 aromatic rings. The molecule has 1 fully saturated rings. The summed E-state index contributed by atoms with van der Waals surface area (Å²) in [5.41, 5.74) is 5.90. The predicted molar refractivity (Wildman–Crippen MR) is 93.4 cm³/mol. The Kier molecular flexibility index (Phi) is 7.71. The van der Waals surface area contributed by atoms with E-state index in [1.165, 1.54) is 12.1 Å². The van der Waals surface area contributed by atoms with Gasteiger partial charge in [-0.1, -0.05) is 32.0 Å². The molecule has 25 heavy (non-hydrogen) atoms. The van der Waals surface area contributed by atoms with Gasteiger partial charge in [0.1, 0.15) is 0 Å². The van der Waals surface area contributed by atoms with Crippen LogP contribution in [0.5, 0.6) is 0 Å². The third kappa shape index (κ3) is 5.87. The van der Waals surface area contributed by atoms with Crippen molar-refractivity contribution in [3.63, 3.8) is 0 Å². The van der Waals surface area contributed by atoms with E-state index in [2.05, 4.69) is 4.90 Å². The zero-order valence-corrected chi connectivity index (χ0v) is 15.2. The van der Waals surface area contributed by atoms with Crippen LogP contribution in [0, 0.1) is 5.92 Å². The molecule has 0 saturated carbocycles. The van der Waals surface area contributed by atoms with Gasteiger partial charge >= 0.3 is 6.18 Å². The first-order chi connectivity index (χ1) is 11.2. The van der Waals surface area contributed by atoms with E-state index < -0.39 is 17.8 Å². The molecule has 1 saturated heterocycles. The maximum absolute atomic E-state index is 12.8. The Morgan fingerprint density at radius 2 is 1.80 bits per heavy atom. The van der Waals surface area contributed by atoms with Crippen molar-refractivity contribution in [2.45, 2.75) is 32.6 Å². The van der Waals surface area contributed by atoms with E-state index in [4.69, 9.17) is 5.73 Å². The molecular weight excluding hydrogens is 355 g/mol. The highest BCUT2D eigenvalue weighted by Gasteiger charge is 2.31. The van der Waals surface area contributed by atoms with Crippen molar-refractivity contribution in [1.29, 1.82) is 0 Å². The fraction of sp³-hybridized carbons (Fsp3) is 0.588. The quantitative estimate of drug-likeness (QED) is 0.875. The standard InChI is InChI=1S/C17H24F3N3O.ClH/c1-12(2)15(21)16(24)23-8-6-22(7-9-23)11-13-4-3-5-14(10-13)17(18,19)20;/h3-5,10,12,15H,6-9,11,21H2,1-2H3;1H/t15-;/m0./s1. The highest BCUT2D eigenvalue weighted by Crippen LogP contribution is 2.29. The lowest BCUT2D eigenvalue weighted by Gasteiger charge is -2.36. The van der Waals surface area contributed by atoms with E-state index in [1.807, 2.05) is 13.8 Å². The minimum atomic E-state index is -4.33. The molecule has 1 heterocycles. The molecule has 0 aromatic heterocycles. The lowest BCUT2D eigenvalue weighted by Crippen LogP contribution is -2.54. The molecule has 0 radical (unpaired) electrons. The van der Waals surface area contributed by atoms with Crippen molar-refractivity contribution in [3.05, 3.63) is 35.4 Å². The number of benzene rings is 1. The molecule has 1 aliphatic heterocycles. The second-order valence-electron chi connectivity index (χ2n) is 6.57. The molecule has 0 bridgehead atoms. The van der Waals surface area contributed by atoms with Crippen molar-refractivity contribution in [3.8, 4) is 0 Å². The first-order valence-corrected chi connectivity index (χ1v) is 8.11. The number of halogens is 4. The van der Waals surface area contributed by atoms with E-state index in [0.29, 0.717) is 38.3 Å². The summed E-state index contributed by atoms with van der Waals surface area (Å²) in [5, 5.41) is 0. The smallest absolute Gasteiger partial charge is 0.339 e. The van der Waals surface area contributed by atoms with E-state index in [1.54, 1.807) is 11.0 Å². The van der Waals surface area contributed by atoms with E-state index >= 15 is 0 Å². The van der Waals surface area contributed by atoms with Gasteiger partial charge < -0.3 is 10.6 Å². The number of nitrogens with zero attached hydrogens (tertiary/aromatic N) is 2. The molecule has 1 atom stereocenters. The number of alkyl halides is 3. The van der Waals surface area contributed by atoms with Crippen LogP contribution in [-0.2, 0) is 17.5 Å². The van der Waals surface area contributed by atoms with Crippen LogP contribution in [0.25, 0.3) is 0 Å². The second kappa shape index (κ2) is 8.87. The Bertz CT molecular complexity index is 573. The third-order valence-electron chi connectivity index (χ3n) is 4.35. The van der Waals surface area contributed by atoms with Gasteiger partial charge in [-0.2, -0.15) is 13.2 Å². The molecule has 1 aromatic carbocycles. The molecule has 8 heteroatoms. The maximum Gasteiger partial charge on any atom is 0.416 e. The van der Waals surface area contributed by atoms with Crippen LogP contribution in [0.3, 0.4) is 0 Å². The number of hydrogen-bond acceptors (Lipinski definition) is 3. The number of nitrogens with two attached hydrogens (primary N) is 1. The predicted octanol–water partition coefficient (Wildman–Crippen LogP) is 2.75. The molecule has 4 nitrogen and oxygen atoms in total. The van der Waals surface area contributed by atoms with Crippen molar-refractivity contribution in [2.24, 2.45) is 11.7 Å². The van der Waals surface area contributed by atoms with Crippen molar-refractivity contribution < 1.29 is 18.0 Å². The van der Waals surface area contributed by atoms with Crippen LogP contribution >= 0.6 is 12.4 Å². The summed E-state index contributed by atoms with van der Waals surface area (Å²) < 4.78 is 38.3. The Hall–Kier alpha value is -1.31. The summed E-state index contributed by atoms with van der Waals surface area (Å²) in [6.45, 7) is 6.64. The van der Waals surface area contributed by atoms with Gasteiger partial charge in [-0.15, -0.1) is 12.4 Å². The highest BCUT2D eigenvalue weighted by atomic mass is 35.5. The number of amides is 1. The van der Waals surface area contributed by atoms with Crippen LogP contribution in [-0.4, -0.2) is 47.9 Å². The SMILES string of the molecule is CC(C)[C@H](N)C(=O)N1CCN(Cc2cccc(C(F)(F)F)c2)CC1.Cl. The first kappa shape index (κ1) is 21.7. The van der Waals surface area contributed by atoms with Crippen molar-refractivity contribution in [2.75, 3.05) is 26.2 Å². The van der Waals surface area contributed by atoms with E-state index in [9.17, 15) is 18.0 Å². The fourth-order valence-corrected chi connectivity index (χ4v) is 2.73. The largest absolute Gasteiger partial charge is 0.416 e. The molecular formula is C17H25ClF3N3O. The van der Waals surface area contributed by atoms with Gasteiger partial charge in [0.15, 0.2) is 0 Å². The van der Waals surface area contributed by atoms with Crippen molar-refractivity contribution >= 4 is 18.3 Å². The zero-order valence-electron chi connectivity index (χ0n) is 14.4. The lowest BCUT2D eigenvalue weighted by atomic mass is 10.0. The number of rotatable bonds is 4. The van der Waals surface area contributed by atoms with Gasteiger partial charge in [0, 0.05) is 32.7 Å². The van der Waals surface area contributed by atoms with Crippen molar-refractivity contribution in [1.82, 2.24) is 9.80 Å². The summed E-state index contributed by atoms with van der Waals surface area (Å²) >= 11 is 0. The molecule has 0 aliphatic carbocycles. The monoisotopic (exact) mass is 379 g/mol. The normalized spacial score (nSPS) is 17.3. The highest BCUT2D eigenvalue weighted by molar-refractivity contribution is 5.85. The zero-order chi connectivity index (χ0) is 17.9. The minimum Gasteiger partial charge on any atom is -0.339 e. The molecule has 2 rings (SSSR count). The van der Waals surface area contributed by atoms with Crippen LogP contribution < -0.4 is 5.73 Å². The number of piperazine rings is 1. The lowest BCUT2D eigenvalue weighted by molar-refractivity contribution is -0.138. The van der Waals surface area contributed by atoms with Crippen LogP contribution in [0.15, 0.2) is 24.3 Å². The Morgan fingerprint density at radius 1 is 1.20 bits per heavy atom. The summed E-state index contributed by atoms with van der Waals surface area (Å²) in [5.74, 6) is 0.0318. The molecule has 0 unspecified atom stereocenters. The van der Waals surface area contributed by atoms with Crippen LogP contribution in [0.2, 0.25) is 0 Å². The maximum atomic E-state index is 12.8. The van der Waals surface area contributed by atoms with Gasteiger partial charge in [-0.05, 0) is 17.5 Å². The van der Waals surface area contributed by atoms with E-state index in [0.717, 1.165) is 6.07 Å². The molecule has 2 N–H and O–H groups in total. The van der Waals surface area contributed by atoms with Gasteiger partial charge in [-0.3, -0.25) is 9.69 Å². The third-order valence-corrected chi connectivity index (χ3v) is 4.35.